The third-order valence-corrected chi connectivity index (χ3v) is 4.24. The predicted octanol–water partition coefficient (Wildman–Crippen LogP) is 3.27. The van der Waals surface area contributed by atoms with E-state index in [0.717, 1.165) is 25.5 Å². The zero-order chi connectivity index (χ0) is 15.1. The first kappa shape index (κ1) is 15.6. The Morgan fingerprint density at radius 2 is 2.00 bits per heavy atom. The molecule has 0 radical (unpaired) electrons. The molecule has 1 aromatic heterocycles. The summed E-state index contributed by atoms with van der Waals surface area (Å²) in [6.45, 7) is 5.96. The number of guanidine groups is 1. The van der Waals surface area contributed by atoms with Gasteiger partial charge in [-0.05, 0) is 38.0 Å². The van der Waals surface area contributed by atoms with Gasteiger partial charge in [0.05, 0.1) is 6.54 Å². The van der Waals surface area contributed by atoms with Crippen LogP contribution in [0.2, 0.25) is 0 Å². The summed E-state index contributed by atoms with van der Waals surface area (Å²) in [7, 11) is 1.81. The average molecular weight is 301 g/mol. The molecule has 0 aliphatic rings. The van der Waals surface area contributed by atoms with E-state index in [-0.39, 0.29) is 0 Å². The van der Waals surface area contributed by atoms with E-state index in [4.69, 9.17) is 0 Å². The molecule has 0 bridgehead atoms. The monoisotopic (exact) mass is 301 g/mol. The van der Waals surface area contributed by atoms with Gasteiger partial charge in [0, 0.05) is 23.3 Å². The number of benzene rings is 1. The van der Waals surface area contributed by atoms with E-state index in [1.54, 1.807) is 0 Å². The second-order valence-electron chi connectivity index (χ2n) is 5.10. The van der Waals surface area contributed by atoms with Crippen LogP contribution in [0.5, 0.6) is 0 Å². The summed E-state index contributed by atoms with van der Waals surface area (Å²) in [6, 6.07) is 12.9. The maximum Gasteiger partial charge on any atom is 0.191 e. The molecule has 2 N–H and O–H groups in total. The molecule has 1 aromatic carbocycles. The second-order valence-corrected chi connectivity index (χ2v) is 6.48. The highest BCUT2D eigenvalue weighted by Gasteiger charge is 2.00. The molecular weight excluding hydrogens is 278 g/mol. The van der Waals surface area contributed by atoms with Gasteiger partial charge >= 0.3 is 0 Å². The summed E-state index contributed by atoms with van der Waals surface area (Å²) in [5.41, 5.74) is 2.66. The Morgan fingerprint density at radius 1 is 1.14 bits per heavy atom. The van der Waals surface area contributed by atoms with Gasteiger partial charge in [-0.3, -0.25) is 4.99 Å². The van der Waals surface area contributed by atoms with Gasteiger partial charge in [-0.2, -0.15) is 0 Å². The first-order valence-electron chi connectivity index (χ1n) is 7.23. The SMILES string of the molecule is CN=C(NCCc1cccc(C)c1)NCc1ccc(C)s1. The molecule has 2 aromatic rings. The van der Waals surface area contributed by atoms with Gasteiger partial charge in [0.1, 0.15) is 0 Å². The van der Waals surface area contributed by atoms with Crippen molar-refractivity contribution in [1.82, 2.24) is 10.6 Å². The van der Waals surface area contributed by atoms with E-state index in [0.29, 0.717) is 0 Å². The van der Waals surface area contributed by atoms with E-state index in [1.165, 1.54) is 20.9 Å². The van der Waals surface area contributed by atoms with Crippen molar-refractivity contribution < 1.29 is 0 Å². The van der Waals surface area contributed by atoms with Crippen LogP contribution in [-0.4, -0.2) is 19.6 Å². The highest BCUT2D eigenvalue weighted by Crippen LogP contribution is 2.14. The van der Waals surface area contributed by atoms with E-state index in [2.05, 4.69) is 65.9 Å². The fourth-order valence-electron chi connectivity index (χ4n) is 2.16. The molecular formula is C17H23N3S. The van der Waals surface area contributed by atoms with Gasteiger partial charge in [-0.25, -0.2) is 0 Å². The summed E-state index contributed by atoms with van der Waals surface area (Å²) in [6.07, 6.45) is 1.00. The number of hydrogen-bond donors (Lipinski definition) is 2. The van der Waals surface area contributed by atoms with E-state index in [1.807, 2.05) is 18.4 Å². The largest absolute Gasteiger partial charge is 0.356 e. The second kappa shape index (κ2) is 7.84. The van der Waals surface area contributed by atoms with Crippen molar-refractivity contribution in [2.75, 3.05) is 13.6 Å². The standard InChI is InChI=1S/C17H23N3S/c1-13-5-4-6-15(11-13)9-10-19-17(18-3)20-12-16-8-7-14(2)21-16/h4-8,11H,9-10,12H2,1-3H3,(H2,18,19,20). The Hall–Kier alpha value is -1.81. The molecule has 0 atom stereocenters. The summed E-state index contributed by atoms with van der Waals surface area (Å²) >= 11 is 1.82. The molecule has 0 amide bonds. The van der Waals surface area contributed by atoms with Crippen LogP contribution in [0.1, 0.15) is 20.9 Å². The Labute approximate surface area is 131 Å². The minimum atomic E-state index is 0.822. The first-order valence-corrected chi connectivity index (χ1v) is 8.04. The molecule has 1 heterocycles. The molecule has 21 heavy (non-hydrogen) atoms. The Balaban J connectivity index is 1.75. The van der Waals surface area contributed by atoms with Gasteiger partial charge in [-0.15, -0.1) is 11.3 Å². The minimum absolute atomic E-state index is 0.822. The van der Waals surface area contributed by atoms with Crippen LogP contribution in [0.25, 0.3) is 0 Å². The van der Waals surface area contributed by atoms with Gasteiger partial charge < -0.3 is 10.6 Å². The van der Waals surface area contributed by atoms with Crippen molar-refractivity contribution in [3.05, 3.63) is 57.3 Å². The lowest BCUT2D eigenvalue weighted by atomic mass is 10.1. The van der Waals surface area contributed by atoms with Crippen LogP contribution >= 0.6 is 11.3 Å². The zero-order valence-corrected chi connectivity index (χ0v) is 13.8. The molecule has 0 unspecified atom stereocenters. The topological polar surface area (TPSA) is 36.4 Å². The van der Waals surface area contributed by atoms with Crippen molar-refractivity contribution in [2.24, 2.45) is 4.99 Å². The smallest absolute Gasteiger partial charge is 0.191 e. The molecule has 112 valence electrons. The van der Waals surface area contributed by atoms with E-state index in [9.17, 15) is 0 Å². The lowest BCUT2D eigenvalue weighted by molar-refractivity contribution is 0.799. The number of hydrogen-bond acceptors (Lipinski definition) is 2. The number of thiophene rings is 1. The lowest BCUT2D eigenvalue weighted by Gasteiger charge is -2.11. The molecule has 4 heteroatoms. The molecule has 0 fully saturated rings. The normalized spacial score (nSPS) is 11.5. The maximum atomic E-state index is 4.26. The van der Waals surface area contributed by atoms with Crippen LogP contribution in [0, 0.1) is 13.8 Å². The van der Waals surface area contributed by atoms with Gasteiger partial charge in [0.15, 0.2) is 5.96 Å². The molecule has 0 spiro atoms. The van der Waals surface area contributed by atoms with Crippen LogP contribution in [0.15, 0.2) is 41.4 Å². The highest BCUT2D eigenvalue weighted by molar-refractivity contribution is 7.11. The lowest BCUT2D eigenvalue weighted by Crippen LogP contribution is -2.37. The van der Waals surface area contributed by atoms with Crippen molar-refractivity contribution in [3.8, 4) is 0 Å². The van der Waals surface area contributed by atoms with Gasteiger partial charge in [0.25, 0.3) is 0 Å². The number of nitrogens with one attached hydrogen (secondary N) is 2. The third-order valence-electron chi connectivity index (χ3n) is 3.24. The Kier molecular flexibility index (Phi) is 5.81. The molecule has 0 saturated carbocycles. The van der Waals surface area contributed by atoms with Crippen LogP contribution in [0.3, 0.4) is 0 Å². The first-order chi connectivity index (χ1) is 10.2. The van der Waals surface area contributed by atoms with E-state index < -0.39 is 0 Å². The molecule has 0 saturated heterocycles. The number of rotatable bonds is 5. The van der Waals surface area contributed by atoms with Gasteiger partial charge in [0.2, 0.25) is 0 Å². The molecule has 0 aliphatic carbocycles. The number of aliphatic imine (C=N–C) groups is 1. The molecule has 3 nitrogen and oxygen atoms in total. The Morgan fingerprint density at radius 3 is 2.67 bits per heavy atom. The average Bonchev–Trinajstić information content (AvgIpc) is 2.88. The fraction of sp³-hybridized carbons (Fsp3) is 0.353. The maximum absolute atomic E-state index is 4.26. The summed E-state index contributed by atoms with van der Waals surface area (Å²) < 4.78 is 0. The zero-order valence-electron chi connectivity index (χ0n) is 12.9. The predicted molar refractivity (Wildman–Crippen MR) is 92.1 cm³/mol. The van der Waals surface area contributed by atoms with E-state index >= 15 is 0 Å². The van der Waals surface area contributed by atoms with Crippen molar-refractivity contribution in [1.29, 1.82) is 0 Å². The highest BCUT2D eigenvalue weighted by atomic mass is 32.1. The van der Waals surface area contributed by atoms with Crippen molar-refractivity contribution >= 4 is 17.3 Å². The van der Waals surface area contributed by atoms with Crippen LogP contribution in [-0.2, 0) is 13.0 Å². The number of nitrogens with zero attached hydrogens (tertiary/aromatic N) is 1. The van der Waals surface area contributed by atoms with Crippen molar-refractivity contribution in [3.63, 3.8) is 0 Å². The Bertz CT molecular complexity index is 602. The summed E-state index contributed by atoms with van der Waals surface area (Å²) in [5.74, 6) is 0.855. The number of aryl methyl sites for hydroxylation is 2. The van der Waals surface area contributed by atoms with Crippen LogP contribution < -0.4 is 10.6 Å². The summed E-state index contributed by atoms with van der Waals surface area (Å²) in [4.78, 5) is 6.93. The quantitative estimate of drug-likeness (QED) is 0.657. The van der Waals surface area contributed by atoms with Crippen molar-refractivity contribution in [2.45, 2.75) is 26.8 Å². The molecule has 2 rings (SSSR count). The van der Waals surface area contributed by atoms with Crippen LogP contribution in [0.4, 0.5) is 0 Å². The molecule has 0 aliphatic heterocycles. The minimum Gasteiger partial charge on any atom is -0.356 e. The summed E-state index contributed by atoms with van der Waals surface area (Å²) in [5, 5.41) is 6.70. The fourth-order valence-corrected chi connectivity index (χ4v) is 2.99. The van der Waals surface area contributed by atoms with Gasteiger partial charge in [-0.1, -0.05) is 29.8 Å². The third kappa shape index (κ3) is 5.23.